The summed E-state index contributed by atoms with van der Waals surface area (Å²) in [6.45, 7) is 5.37. The van der Waals surface area contributed by atoms with Crippen LogP contribution in [0.1, 0.15) is 25.1 Å². The third-order valence-electron chi connectivity index (χ3n) is 3.47. The van der Waals surface area contributed by atoms with E-state index in [9.17, 15) is 0 Å². The van der Waals surface area contributed by atoms with Gasteiger partial charge < -0.3 is 5.32 Å². The van der Waals surface area contributed by atoms with Crippen LogP contribution in [0.5, 0.6) is 0 Å². The average molecular weight is 310 g/mol. The molecule has 3 rings (SSSR count). The largest absolute Gasteiger partial charge is 0.369 e. The van der Waals surface area contributed by atoms with Crippen LogP contribution in [0.2, 0.25) is 10.0 Å². The second-order valence-corrected chi connectivity index (χ2v) is 6.40. The average Bonchev–Trinajstić information content (AvgIpc) is 2.96. The second-order valence-electron chi connectivity index (χ2n) is 5.56. The molecular weight excluding hydrogens is 293 g/mol. The van der Waals surface area contributed by atoms with Crippen molar-refractivity contribution in [2.24, 2.45) is 5.92 Å². The summed E-state index contributed by atoms with van der Waals surface area (Å²) in [5, 5.41) is 9.48. The fourth-order valence-electron chi connectivity index (χ4n) is 2.62. The normalized spacial score (nSPS) is 13.7. The number of halogens is 2. The molecule has 0 bridgehead atoms. The Labute approximate surface area is 128 Å². The molecule has 1 aliphatic rings. The fraction of sp³-hybridized carbons (Fsp3) is 0.400. The van der Waals surface area contributed by atoms with E-state index in [0.29, 0.717) is 16.0 Å². The van der Waals surface area contributed by atoms with Crippen molar-refractivity contribution in [1.82, 2.24) is 9.78 Å². The van der Waals surface area contributed by atoms with Crippen LogP contribution < -0.4 is 5.32 Å². The standard InChI is InChI=1S/C15H17Cl2N3/c1-9(2)7-13-11-5-6-18-15(11)20(19-13)14-8-10(16)3-4-12(14)17/h3-4,8-9,18H,5-7H2,1-2H3. The fourth-order valence-corrected chi connectivity index (χ4v) is 2.98. The molecule has 20 heavy (non-hydrogen) atoms. The predicted octanol–water partition coefficient (Wildman–Crippen LogP) is 4.35. The number of aromatic nitrogens is 2. The Balaban J connectivity index is 2.12. The minimum atomic E-state index is 0.581. The number of anilines is 1. The van der Waals surface area contributed by atoms with E-state index >= 15 is 0 Å². The maximum Gasteiger partial charge on any atom is 0.133 e. The highest BCUT2D eigenvalue weighted by atomic mass is 35.5. The molecule has 0 radical (unpaired) electrons. The lowest BCUT2D eigenvalue weighted by atomic mass is 10.0. The highest BCUT2D eigenvalue weighted by Gasteiger charge is 2.24. The number of hydrogen-bond acceptors (Lipinski definition) is 2. The summed E-state index contributed by atoms with van der Waals surface area (Å²) >= 11 is 12.4. The summed E-state index contributed by atoms with van der Waals surface area (Å²) in [5.74, 6) is 1.64. The molecule has 1 aromatic heterocycles. The smallest absolute Gasteiger partial charge is 0.133 e. The van der Waals surface area contributed by atoms with Crippen molar-refractivity contribution in [3.8, 4) is 5.69 Å². The van der Waals surface area contributed by atoms with Gasteiger partial charge in [-0.2, -0.15) is 5.10 Å². The zero-order valence-corrected chi connectivity index (χ0v) is 13.1. The van der Waals surface area contributed by atoms with E-state index in [4.69, 9.17) is 28.3 Å². The van der Waals surface area contributed by atoms with Gasteiger partial charge in [0.05, 0.1) is 16.4 Å². The highest BCUT2D eigenvalue weighted by molar-refractivity contribution is 6.34. The molecule has 0 spiro atoms. The molecule has 106 valence electrons. The molecule has 0 saturated heterocycles. The van der Waals surface area contributed by atoms with E-state index in [-0.39, 0.29) is 0 Å². The quantitative estimate of drug-likeness (QED) is 0.913. The number of fused-ring (bicyclic) bond motifs is 1. The molecule has 1 aromatic carbocycles. The molecule has 3 nitrogen and oxygen atoms in total. The molecule has 1 N–H and O–H groups in total. The van der Waals surface area contributed by atoms with Gasteiger partial charge in [0.15, 0.2) is 0 Å². The van der Waals surface area contributed by atoms with Crippen molar-refractivity contribution >= 4 is 29.0 Å². The Morgan fingerprint density at radius 3 is 2.90 bits per heavy atom. The monoisotopic (exact) mass is 309 g/mol. The van der Waals surface area contributed by atoms with Crippen molar-refractivity contribution < 1.29 is 0 Å². The zero-order chi connectivity index (χ0) is 14.3. The van der Waals surface area contributed by atoms with Gasteiger partial charge in [-0.05, 0) is 37.0 Å². The molecule has 2 heterocycles. The van der Waals surface area contributed by atoms with Crippen LogP contribution in [-0.2, 0) is 12.8 Å². The topological polar surface area (TPSA) is 29.9 Å². The lowest BCUT2D eigenvalue weighted by Crippen LogP contribution is -2.06. The van der Waals surface area contributed by atoms with Gasteiger partial charge in [0.2, 0.25) is 0 Å². The van der Waals surface area contributed by atoms with Crippen molar-refractivity contribution in [3.05, 3.63) is 39.5 Å². The van der Waals surface area contributed by atoms with E-state index in [1.165, 1.54) is 5.56 Å². The van der Waals surface area contributed by atoms with Crippen molar-refractivity contribution in [3.63, 3.8) is 0 Å². The van der Waals surface area contributed by atoms with E-state index in [2.05, 4.69) is 19.2 Å². The SMILES string of the molecule is CC(C)Cc1nn(-c2cc(Cl)ccc2Cl)c2c1CCN2. The first kappa shape index (κ1) is 13.8. The summed E-state index contributed by atoms with van der Waals surface area (Å²) < 4.78 is 1.90. The molecule has 0 amide bonds. The Hall–Kier alpha value is -1.19. The van der Waals surface area contributed by atoms with Crippen LogP contribution in [0.15, 0.2) is 18.2 Å². The molecule has 0 atom stereocenters. The summed E-state index contributed by atoms with van der Waals surface area (Å²) in [6, 6.07) is 5.46. The van der Waals surface area contributed by atoms with E-state index in [1.54, 1.807) is 6.07 Å². The second kappa shape index (κ2) is 5.30. The minimum Gasteiger partial charge on any atom is -0.369 e. The maximum atomic E-state index is 6.30. The summed E-state index contributed by atoms with van der Waals surface area (Å²) in [4.78, 5) is 0. The van der Waals surface area contributed by atoms with Gasteiger partial charge in [-0.3, -0.25) is 0 Å². The Morgan fingerprint density at radius 1 is 1.35 bits per heavy atom. The first-order valence-corrected chi connectivity index (χ1v) is 7.62. The molecular formula is C15H17Cl2N3. The van der Waals surface area contributed by atoms with Crippen molar-refractivity contribution in [2.45, 2.75) is 26.7 Å². The molecule has 0 aliphatic carbocycles. The number of rotatable bonds is 3. The number of benzene rings is 1. The van der Waals surface area contributed by atoms with Crippen LogP contribution >= 0.6 is 23.2 Å². The molecule has 0 saturated carbocycles. The third-order valence-corrected chi connectivity index (χ3v) is 4.03. The summed E-state index contributed by atoms with van der Waals surface area (Å²) in [6.07, 6.45) is 2.00. The van der Waals surface area contributed by atoms with Gasteiger partial charge in [-0.25, -0.2) is 4.68 Å². The first-order valence-electron chi connectivity index (χ1n) is 6.86. The first-order chi connectivity index (χ1) is 9.56. The van der Waals surface area contributed by atoms with Crippen molar-refractivity contribution in [1.29, 1.82) is 0 Å². The number of nitrogens with zero attached hydrogens (tertiary/aromatic N) is 2. The lowest BCUT2D eigenvalue weighted by molar-refractivity contribution is 0.624. The Kier molecular flexibility index (Phi) is 3.65. The van der Waals surface area contributed by atoms with E-state index in [1.807, 2.05) is 16.8 Å². The van der Waals surface area contributed by atoms with Gasteiger partial charge >= 0.3 is 0 Å². The Morgan fingerprint density at radius 2 is 2.15 bits per heavy atom. The third kappa shape index (κ3) is 2.40. The van der Waals surface area contributed by atoms with Crippen LogP contribution in [-0.4, -0.2) is 16.3 Å². The number of hydrogen-bond donors (Lipinski definition) is 1. The minimum absolute atomic E-state index is 0.581. The van der Waals surface area contributed by atoms with Crippen molar-refractivity contribution in [2.75, 3.05) is 11.9 Å². The molecule has 5 heteroatoms. The van der Waals surface area contributed by atoms with E-state index < -0.39 is 0 Å². The summed E-state index contributed by atoms with van der Waals surface area (Å²) in [7, 11) is 0. The zero-order valence-electron chi connectivity index (χ0n) is 11.6. The van der Waals surface area contributed by atoms with Crippen LogP contribution in [0.4, 0.5) is 5.82 Å². The molecule has 1 aliphatic heterocycles. The highest BCUT2D eigenvalue weighted by Crippen LogP contribution is 2.33. The number of nitrogens with one attached hydrogen (secondary N) is 1. The van der Waals surface area contributed by atoms with Gasteiger partial charge in [-0.15, -0.1) is 0 Å². The van der Waals surface area contributed by atoms with Crippen LogP contribution in [0.25, 0.3) is 5.69 Å². The molecule has 0 fully saturated rings. The maximum absolute atomic E-state index is 6.30. The van der Waals surface area contributed by atoms with Crippen LogP contribution in [0, 0.1) is 5.92 Å². The van der Waals surface area contributed by atoms with Gasteiger partial charge in [0.25, 0.3) is 0 Å². The van der Waals surface area contributed by atoms with Crippen LogP contribution in [0.3, 0.4) is 0 Å². The molecule has 0 unspecified atom stereocenters. The predicted molar refractivity (Wildman–Crippen MR) is 84.3 cm³/mol. The summed E-state index contributed by atoms with van der Waals surface area (Å²) in [5.41, 5.74) is 3.31. The van der Waals surface area contributed by atoms with E-state index in [0.717, 1.165) is 36.6 Å². The van der Waals surface area contributed by atoms with Gasteiger partial charge in [0, 0.05) is 17.1 Å². The Bertz CT molecular complexity index is 647. The lowest BCUT2D eigenvalue weighted by Gasteiger charge is -2.09. The van der Waals surface area contributed by atoms with Gasteiger partial charge in [0.1, 0.15) is 5.82 Å². The molecule has 2 aromatic rings. The van der Waals surface area contributed by atoms with Gasteiger partial charge in [-0.1, -0.05) is 37.0 Å².